The summed E-state index contributed by atoms with van der Waals surface area (Å²) in [5, 5.41) is 26.6. The molecule has 0 aromatic carbocycles. The first-order valence-corrected chi connectivity index (χ1v) is 27.1. The third-order valence-corrected chi connectivity index (χ3v) is 14.3. The minimum atomic E-state index is -5.57. The molecule has 67 heavy (non-hydrogen) atoms. The Kier molecular flexibility index (Phi) is 29.0. The first-order chi connectivity index (χ1) is 30.6. The summed E-state index contributed by atoms with van der Waals surface area (Å²) in [4.78, 5) is 88.3. The van der Waals surface area contributed by atoms with E-state index in [2.05, 4.69) is 41.3 Å². The van der Waals surface area contributed by atoms with Gasteiger partial charge in [-0.25, -0.2) is 28.6 Å². The number of hydrogen-bond donors (Lipinski definition) is 9. The van der Waals surface area contributed by atoms with Crippen LogP contribution in [0.5, 0.6) is 0 Å². The van der Waals surface area contributed by atoms with Gasteiger partial charge in [0.1, 0.15) is 36.3 Å². The van der Waals surface area contributed by atoms with Gasteiger partial charge in [0.15, 0.2) is 22.8 Å². The maximum atomic E-state index is 12.7. The van der Waals surface area contributed by atoms with Gasteiger partial charge in [-0.2, -0.15) is 4.31 Å². The molecule has 0 radical (unpaired) electrons. The van der Waals surface area contributed by atoms with E-state index in [1.54, 1.807) is 0 Å². The van der Waals surface area contributed by atoms with Crippen molar-refractivity contribution < 1.29 is 101 Å². The molecule has 1 aliphatic heterocycles. The number of amides is 2. The fourth-order valence-electron chi connectivity index (χ4n) is 6.65. The molecule has 1 aliphatic rings. The number of carbonyl (C=O) groups excluding carboxylic acids is 3. The number of aliphatic hydroxyl groups excluding tert-OH is 2. The molecule has 2 unspecified atom stereocenters. The quantitative estimate of drug-likeness (QED) is 0.0280. The fraction of sp³-hybridized carbons (Fsp3) is 0.789. The second-order valence-corrected chi connectivity index (χ2v) is 21.7. The van der Waals surface area contributed by atoms with E-state index in [1.165, 1.54) is 78.1 Å². The normalized spacial score (nSPS) is 19.7. The van der Waals surface area contributed by atoms with Crippen molar-refractivity contribution in [3.05, 3.63) is 12.7 Å². The van der Waals surface area contributed by atoms with Crippen LogP contribution < -0.4 is 35.2 Å². The van der Waals surface area contributed by atoms with Crippen LogP contribution >= 0.6 is 35.2 Å². The van der Waals surface area contributed by atoms with Crippen molar-refractivity contribution in [2.75, 3.05) is 37.8 Å². The molecule has 24 nitrogen and oxygen atoms in total. The van der Waals surface area contributed by atoms with E-state index in [-0.39, 0.29) is 69.3 Å². The second kappa shape index (κ2) is 30.8. The predicted octanol–water partition coefficient (Wildman–Crippen LogP) is 1.90. The number of fused-ring (bicyclic) bond motifs is 1. The molecule has 0 aliphatic carbocycles. The molecule has 2 aromatic heterocycles. The second-order valence-electron chi connectivity index (χ2n) is 16.3. The van der Waals surface area contributed by atoms with E-state index in [1.807, 2.05) is 0 Å². The average Bonchev–Trinajstić information content (AvgIpc) is 3.79. The summed E-state index contributed by atoms with van der Waals surface area (Å²) in [7, 11) is -16.4. The zero-order chi connectivity index (χ0) is 48.3. The van der Waals surface area contributed by atoms with Crippen LogP contribution in [0.1, 0.15) is 132 Å². The summed E-state index contributed by atoms with van der Waals surface area (Å²) >= 11 is 1.15. The fourth-order valence-corrected chi connectivity index (χ4v) is 10.2. The molecule has 2 aromatic rings. The smallest absolute Gasteiger partial charge is 1.00 e. The van der Waals surface area contributed by atoms with Gasteiger partial charge in [-0.15, -0.1) is 0 Å². The van der Waals surface area contributed by atoms with Gasteiger partial charge in [-0.3, -0.25) is 32.5 Å². The number of hydrogen-bond acceptors (Lipinski definition) is 18. The zero-order valence-corrected chi connectivity index (χ0v) is 41.5. The van der Waals surface area contributed by atoms with Crippen molar-refractivity contribution in [1.82, 2.24) is 30.2 Å². The minimum Gasteiger partial charge on any atom is -1.00 e. The van der Waals surface area contributed by atoms with Crippen molar-refractivity contribution in [2.24, 2.45) is 5.41 Å². The first kappa shape index (κ1) is 63.2. The number of nitrogens with zero attached hydrogens (tertiary/aromatic N) is 4. The molecule has 10 N–H and O–H groups in total. The number of unbranched alkanes of at least 4 members (excludes halogenated alkanes) is 12. The summed E-state index contributed by atoms with van der Waals surface area (Å²) in [6.07, 6.45) is 9.53. The van der Waals surface area contributed by atoms with E-state index in [0.29, 0.717) is 12.2 Å². The van der Waals surface area contributed by atoms with Gasteiger partial charge in [0.2, 0.25) is 11.8 Å². The van der Waals surface area contributed by atoms with Gasteiger partial charge >= 0.3 is 42.3 Å². The van der Waals surface area contributed by atoms with Crippen molar-refractivity contribution in [2.45, 2.75) is 155 Å². The Morgan fingerprint density at radius 3 is 2.07 bits per heavy atom. The Labute approximate surface area is 409 Å². The van der Waals surface area contributed by atoms with Gasteiger partial charge in [-0.1, -0.05) is 117 Å². The van der Waals surface area contributed by atoms with Crippen LogP contribution in [0.25, 0.3) is 11.2 Å². The largest absolute Gasteiger partial charge is 1.00 e. The molecule has 382 valence electrons. The molecule has 0 saturated carbocycles. The monoisotopic (exact) mass is 1030 g/mol. The molecule has 2 amide bonds. The molecule has 1 saturated heterocycles. The third-order valence-electron chi connectivity index (χ3n) is 10.2. The Hall–Kier alpha value is -1.84. The number of ether oxygens (including phenoxy) is 1. The molecule has 0 spiro atoms. The topological polar surface area (TPSA) is 364 Å². The number of rotatable bonds is 33. The van der Waals surface area contributed by atoms with Gasteiger partial charge < -0.3 is 52.3 Å². The Morgan fingerprint density at radius 1 is 0.896 bits per heavy atom. The van der Waals surface area contributed by atoms with Crippen LogP contribution in [0.4, 0.5) is 5.82 Å². The molecule has 3 rings (SSSR count). The molecular formula is C38H71LiN7O17P3S. The van der Waals surface area contributed by atoms with E-state index in [9.17, 15) is 57.9 Å². The summed E-state index contributed by atoms with van der Waals surface area (Å²) in [5.41, 5.74) is 4.29. The number of nitrogens with one attached hydrogen (secondary N) is 2. The number of anilines is 1. The number of nitrogens with two attached hydrogens (primary N) is 1. The number of phosphoric acid groups is 3. The van der Waals surface area contributed by atoms with Crippen LogP contribution in [-0.2, 0) is 50.7 Å². The standard InChI is InChI=1S/C37H66N7O17P3S.CH4.Li.H/c1-4-5-6-7-8-9-10-11-12-13-14-15-16-17-28(46)65-21-20-39-27(45)18-19-40-35(49)32(48)37(2,3)23-58-64(55,56)61-63(53,54)57-22-26-31(60-62(50,51)52)30(47)36(59-26)44-25-43-29-33(38)41-24-42-34(29)44;;;/h24-26,30-32,36,47-48H,4-23H2,1-3H3,(H,39,45)(H,40,49)(H,53,54)(H,55,56)(H2,38,41,42)(H2,50,51,52);1H4;;/q;;+1;-1/t26-,30-,31-,32+,36-;;;/m1.../s1. The maximum absolute atomic E-state index is 12.7. The number of phosphoric ester groups is 3. The Bertz CT molecular complexity index is 1980. The Balaban J connectivity index is 0.0000150. The summed E-state index contributed by atoms with van der Waals surface area (Å²) < 4.78 is 62.4. The number of carbonyl (C=O) groups is 3. The van der Waals surface area contributed by atoms with E-state index in [4.69, 9.17) is 19.5 Å². The minimum absolute atomic E-state index is 0. The molecule has 0 bridgehead atoms. The maximum Gasteiger partial charge on any atom is 1.00 e. The van der Waals surface area contributed by atoms with Gasteiger partial charge in [0.25, 0.3) is 0 Å². The van der Waals surface area contributed by atoms with Crippen LogP contribution in [0.2, 0.25) is 0 Å². The summed E-state index contributed by atoms with van der Waals surface area (Å²) in [5.74, 6) is -1.02. The van der Waals surface area contributed by atoms with Crippen LogP contribution in [0.3, 0.4) is 0 Å². The van der Waals surface area contributed by atoms with Crippen LogP contribution in [0.15, 0.2) is 12.7 Å². The van der Waals surface area contributed by atoms with E-state index in [0.717, 1.165) is 48.2 Å². The molecule has 29 heteroatoms. The number of imidazole rings is 1. The number of thioether (sulfide) groups is 1. The number of aliphatic hydroxyl groups is 2. The molecule has 1 fully saturated rings. The number of aromatic nitrogens is 4. The van der Waals surface area contributed by atoms with E-state index >= 15 is 0 Å². The van der Waals surface area contributed by atoms with Crippen molar-refractivity contribution >= 4 is 69.1 Å². The van der Waals surface area contributed by atoms with Crippen LogP contribution in [-0.4, -0.2) is 123 Å². The SMILES string of the molecule is C.CCCCCCCCCCCCCCCC(=O)SCCNC(=O)CCNC(=O)[C@H](O)C(C)(C)COP(=O)(O)OP(=O)(O)OC[C@H]1O[C@@H](n2cnc3c(N)ncnc32)[C@H](O)[C@@H]1OP(=O)(O)O.[H-].[Li+]. The molecule has 7 atom stereocenters. The van der Waals surface area contributed by atoms with Gasteiger partial charge in [0.05, 0.1) is 19.5 Å². The van der Waals surface area contributed by atoms with Crippen LogP contribution in [0, 0.1) is 5.41 Å². The molecular weight excluding hydrogens is 958 g/mol. The van der Waals surface area contributed by atoms with Gasteiger partial charge in [0, 0.05) is 37.1 Å². The van der Waals surface area contributed by atoms with E-state index < -0.39 is 84.6 Å². The number of nitrogen functional groups attached to an aromatic ring is 1. The van der Waals surface area contributed by atoms with Crippen molar-refractivity contribution in [3.8, 4) is 0 Å². The molecule has 3 heterocycles. The first-order valence-electron chi connectivity index (χ1n) is 21.6. The zero-order valence-electron chi connectivity index (χ0n) is 39.0. The predicted molar refractivity (Wildman–Crippen MR) is 245 cm³/mol. The van der Waals surface area contributed by atoms with Crippen molar-refractivity contribution in [1.29, 1.82) is 0 Å². The third kappa shape index (κ3) is 23.3. The summed E-state index contributed by atoms with van der Waals surface area (Å²) in [6, 6.07) is 0. The Morgan fingerprint density at radius 2 is 1.48 bits per heavy atom. The van der Waals surface area contributed by atoms with Crippen molar-refractivity contribution in [3.63, 3.8) is 0 Å². The van der Waals surface area contributed by atoms with Gasteiger partial charge in [-0.05, 0) is 6.42 Å². The average molecular weight is 1030 g/mol. The summed E-state index contributed by atoms with van der Waals surface area (Å²) in [6.45, 7) is 2.81.